The molecule has 4 aliphatic carbocycles. The monoisotopic (exact) mass is 494 g/mol. The second-order valence-corrected chi connectivity index (χ2v) is 10.6. The van der Waals surface area contributed by atoms with Crippen molar-refractivity contribution in [2.45, 2.75) is 19.8 Å². The Morgan fingerprint density at radius 3 is 2.12 bits per heavy atom. The van der Waals surface area contributed by atoms with Crippen LogP contribution in [0.4, 0.5) is 5.69 Å². The molecule has 174 valence electrons. The van der Waals surface area contributed by atoms with Crippen LogP contribution in [0.15, 0.2) is 54.6 Å². The Balaban J connectivity index is 1.34. The summed E-state index contributed by atoms with van der Waals surface area (Å²) in [6.45, 7) is 1.94. The lowest BCUT2D eigenvalue weighted by Gasteiger charge is -2.37. The summed E-state index contributed by atoms with van der Waals surface area (Å²) in [5.41, 5.74) is 2.09. The van der Waals surface area contributed by atoms with Gasteiger partial charge in [0, 0.05) is 11.3 Å². The van der Waals surface area contributed by atoms with E-state index in [1.165, 1.54) is 15.9 Å². The van der Waals surface area contributed by atoms with Gasteiger partial charge in [-0.25, -0.2) is 0 Å². The number of nitrogens with zero attached hydrogens (tertiary/aromatic N) is 2. The van der Waals surface area contributed by atoms with E-state index in [-0.39, 0.29) is 53.1 Å². The van der Waals surface area contributed by atoms with Gasteiger partial charge in [0.25, 0.3) is 5.91 Å². The molecule has 1 aliphatic heterocycles. The molecule has 0 unspecified atom stereocenters. The predicted molar refractivity (Wildman–Crippen MR) is 131 cm³/mol. The number of halogens is 2. The smallest absolute Gasteiger partial charge is 0.259 e. The second kappa shape index (κ2) is 7.96. The first-order valence-electron chi connectivity index (χ1n) is 11.8. The Hall–Kier alpha value is -2.63. The summed E-state index contributed by atoms with van der Waals surface area (Å²) in [5.74, 6) is 0.100. The van der Waals surface area contributed by atoms with Crippen molar-refractivity contribution in [2.24, 2.45) is 35.5 Å². The molecule has 2 saturated carbocycles. The van der Waals surface area contributed by atoms with Crippen molar-refractivity contribution in [3.63, 3.8) is 0 Å². The van der Waals surface area contributed by atoms with Gasteiger partial charge in [0.15, 0.2) is 0 Å². The van der Waals surface area contributed by atoms with E-state index in [1.54, 1.807) is 12.1 Å². The first kappa shape index (κ1) is 21.9. The van der Waals surface area contributed by atoms with Crippen molar-refractivity contribution >= 4 is 46.6 Å². The zero-order valence-corrected chi connectivity index (χ0v) is 20.2. The third kappa shape index (κ3) is 3.24. The van der Waals surface area contributed by atoms with Gasteiger partial charge in [0.05, 0.1) is 21.9 Å². The molecule has 5 nitrogen and oxygen atoms in total. The van der Waals surface area contributed by atoms with Gasteiger partial charge in [-0.3, -0.25) is 24.2 Å². The number of carbonyl (C=O) groups is 3. The van der Waals surface area contributed by atoms with Gasteiger partial charge in [-0.05, 0) is 72.4 Å². The van der Waals surface area contributed by atoms with Crippen LogP contribution >= 0.6 is 23.2 Å². The normalized spacial score (nSPS) is 30.4. The van der Waals surface area contributed by atoms with Gasteiger partial charge in [-0.1, -0.05) is 54.4 Å². The van der Waals surface area contributed by atoms with Gasteiger partial charge >= 0.3 is 0 Å². The number of carbonyl (C=O) groups excluding carboxylic acids is 3. The lowest BCUT2D eigenvalue weighted by molar-refractivity contribution is -0.140. The second-order valence-electron chi connectivity index (χ2n) is 9.78. The highest BCUT2D eigenvalue weighted by Gasteiger charge is 2.67. The van der Waals surface area contributed by atoms with Crippen molar-refractivity contribution in [2.75, 3.05) is 11.6 Å². The number of hydrogen-bond donors (Lipinski definition) is 0. The summed E-state index contributed by atoms with van der Waals surface area (Å²) < 4.78 is 0. The first-order valence-corrected chi connectivity index (χ1v) is 12.5. The molecule has 3 fully saturated rings. The molecule has 0 aromatic heterocycles. The number of hydrogen-bond acceptors (Lipinski definition) is 3. The third-order valence-corrected chi connectivity index (χ3v) is 8.84. The van der Waals surface area contributed by atoms with Crippen LogP contribution in [-0.2, 0) is 16.0 Å². The minimum Gasteiger partial charge on any atom is -0.290 e. The van der Waals surface area contributed by atoms with E-state index in [4.69, 9.17) is 23.2 Å². The molecule has 6 atom stereocenters. The average molecular weight is 495 g/mol. The molecule has 2 aromatic rings. The molecule has 0 spiro atoms. The minimum absolute atomic E-state index is 0.121. The summed E-state index contributed by atoms with van der Waals surface area (Å²) in [5, 5.41) is 0.627. The van der Waals surface area contributed by atoms with Crippen molar-refractivity contribution in [3.05, 3.63) is 75.8 Å². The van der Waals surface area contributed by atoms with E-state index < -0.39 is 0 Å². The fourth-order valence-corrected chi connectivity index (χ4v) is 6.56. The molecule has 0 N–H and O–H groups in total. The van der Waals surface area contributed by atoms with E-state index >= 15 is 0 Å². The van der Waals surface area contributed by atoms with Crippen molar-refractivity contribution in [3.8, 4) is 0 Å². The zero-order valence-electron chi connectivity index (χ0n) is 18.7. The fraction of sp³-hybridized carbons (Fsp3) is 0.370. The molecule has 5 aliphatic rings. The summed E-state index contributed by atoms with van der Waals surface area (Å²) in [6, 6.07) is 12.3. The van der Waals surface area contributed by atoms with Gasteiger partial charge < -0.3 is 0 Å². The number of anilines is 1. The summed E-state index contributed by atoms with van der Waals surface area (Å²) in [7, 11) is 0. The molecule has 7 rings (SSSR count). The van der Waals surface area contributed by atoms with Gasteiger partial charge in [0.1, 0.15) is 6.67 Å². The maximum Gasteiger partial charge on any atom is 0.259 e. The number of benzene rings is 2. The maximum absolute atomic E-state index is 13.6. The lowest BCUT2D eigenvalue weighted by Crippen LogP contribution is -2.45. The number of amides is 3. The minimum atomic E-state index is -0.345. The van der Waals surface area contributed by atoms with Crippen LogP contribution in [0.2, 0.25) is 10.0 Å². The molecule has 2 bridgehead atoms. The van der Waals surface area contributed by atoms with E-state index in [2.05, 4.69) is 19.1 Å². The highest BCUT2D eigenvalue weighted by atomic mass is 35.5. The SMILES string of the molecule is CCc1ccc(N(CN2C(=O)[C@@H]3[C@@H]4C=C[C@H]([C@H]5C[C@@H]45)[C@@H]3C2=O)C(=O)c2ccc(Cl)c(Cl)c2)cc1. The topological polar surface area (TPSA) is 57.7 Å². The number of allylic oxidation sites excluding steroid dienone is 2. The molecule has 3 amide bonds. The molecule has 0 radical (unpaired) electrons. The summed E-state index contributed by atoms with van der Waals surface area (Å²) in [6.07, 6.45) is 6.28. The molecular weight excluding hydrogens is 471 g/mol. The highest BCUT2D eigenvalue weighted by molar-refractivity contribution is 6.42. The Kier molecular flexibility index (Phi) is 5.12. The standard InChI is InChI=1S/C27H24Cl2N2O3/c1-2-14-3-6-16(7-4-14)30(25(32)15-5-10-21(28)22(29)11-15)13-31-26(33)23-17-8-9-18(20-12-19(17)20)24(23)27(31)34/h3-11,17-20,23-24H,2,12-13H2,1H3/t17-,18-,19-,20+,23+,24-/m1/s1. The summed E-state index contributed by atoms with van der Waals surface area (Å²) >= 11 is 12.2. The van der Waals surface area contributed by atoms with Crippen molar-refractivity contribution in [1.29, 1.82) is 0 Å². The largest absolute Gasteiger partial charge is 0.290 e. The average Bonchev–Trinajstić information content (AvgIpc) is 3.64. The van der Waals surface area contributed by atoms with Crippen LogP contribution in [-0.4, -0.2) is 29.3 Å². The van der Waals surface area contributed by atoms with E-state index in [0.717, 1.165) is 18.4 Å². The van der Waals surface area contributed by atoms with Crippen LogP contribution in [0.25, 0.3) is 0 Å². The molecule has 1 saturated heterocycles. The van der Waals surface area contributed by atoms with Gasteiger partial charge in [-0.2, -0.15) is 0 Å². The maximum atomic E-state index is 13.6. The number of imide groups is 1. The van der Waals surface area contributed by atoms with Crippen LogP contribution in [0.3, 0.4) is 0 Å². The quantitative estimate of drug-likeness (QED) is 0.423. The number of aryl methyl sites for hydroxylation is 1. The Labute approximate surface area is 208 Å². The van der Waals surface area contributed by atoms with E-state index in [0.29, 0.717) is 28.1 Å². The molecule has 7 heteroatoms. The van der Waals surface area contributed by atoms with Crippen LogP contribution in [0.5, 0.6) is 0 Å². The molecular formula is C27H24Cl2N2O3. The van der Waals surface area contributed by atoms with Gasteiger partial charge in [-0.15, -0.1) is 0 Å². The first-order chi connectivity index (χ1) is 16.4. The van der Waals surface area contributed by atoms with Crippen LogP contribution in [0, 0.1) is 35.5 Å². The highest BCUT2D eigenvalue weighted by Crippen LogP contribution is 2.65. The van der Waals surface area contributed by atoms with Crippen molar-refractivity contribution in [1.82, 2.24) is 4.90 Å². The zero-order chi connectivity index (χ0) is 23.7. The Bertz CT molecular complexity index is 1200. The number of likely N-dealkylation sites (tertiary alicyclic amines) is 1. The third-order valence-electron chi connectivity index (χ3n) is 8.10. The molecule has 34 heavy (non-hydrogen) atoms. The molecule has 1 heterocycles. The van der Waals surface area contributed by atoms with Gasteiger partial charge in [0.2, 0.25) is 11.8 Å². The predicted octanol–water partition coefficient (Wildman–Crippen LogP) is 5.21. The van der Waals surface area contributed by atoms with Crippen molar-refractivity contribution < 1.29 is 14.4 Å². The van der Waals surface area contributed by atoms with Crippen LogP contribution in [0.1, 0.15) is 29.3 Å². The van der Waals surface area contributed by atoms with Crippen LogP contribution < -0.4 is 4.90 Å². The lowest BCUT2D eigenvalue weighted by atomic mass is 9.63. The molecule has 2 aromatic carbocycles. The van der Waals surface area contributed by atoms with E-state index in [1.807, 2.05) is 24.3 Å². The number of rotatable bonds is 5. The van der Waals surface area contributed by atoms with E-state index in [9.17, 15) is 14.4 Å². The summed E-state index contributed by atoms with van der Waals surface area (Å²) in [4.78, 5) is 43.5. The Morgan fingerprint density at radius 1 is 0.941 bits per heavy atom. The Morgan fingerprint density at radius 2 is 1.56 bits per heavy atom. The fourth-order valence-electron chi connectivity index (χ4n) is 6.26.